The Morgan fingerprint density at radius 3 is 2.53 bits per heavy atom. The van der Waals surface area contributed by atoms with Gasteiger partial charge < -0.3 is 18.8 Å². The number of nitrogens with zero attached hydrogens (tertiary/aromatic N) is 3. The van der Waals surface area contributed by atoms with Gasteiger partial charge in [0.05, 0.1) is 38.2 Å². The summed E-state index contributed by atoms with van der Waals surface area (Å²) in [5.74, 6) is 0.122. The second kappa shape index (κ2) is 8.63. The van der Waals surface area contributed by atoms with Crippen molar-refractivity contribution in [1.82, 2.24) is 0 Å². The van der Waals surface area contributed by atoms with E-state index in [-0.39, 0.29) is 18.7 Å². The SMILES string of the molecule is CN1/C(=C\c2oc3ccc(Cl)cc3[n+]2C)N(CCCS(=O)(=O)[O-])c2cc(C(F)(F)F)c(Cl)cc21. The Hall–Kier alpha value is -2.47. The smallest absolute Gasteiger partial charge is 0.417 e. The molecule has 2 aromatic carbocycles. The molecule has 4 rings (SSSR count). The van der Waals surface area contributed by atoms with Crippen LogP contribution in [-0.2, 0) is 23.3 Å². The summed E-state index contributed by atoms with van der Waals surface area (Å²) < 4.78 is 81.4. The first kappa shape index (κ1) is 24.6. The van der Waals surface area contributed by atoms with Gasteiger partial charge in [0.1, 0.15) is 12.9 Å². The predicted octanol–water partition coefficient (Wildman–Crippen LogP) is 4.77. The van der Waals surface area contributed by atoms with Crippen molar-refractivity contribution in [3.63, 3.8) is 0 Å². The van der Waals surface area contributed by atoms with Crippen LogP contribution in [0.3, 0.4) is 0 Å². The third kappa shape index (κ3) is 4.70. The zero-order chi connectivity index (χ0) is 25.0. The first-order valence-corrected chi connectivity index (χ1v) is 12.2. The van der Waals surface area contributed by atoms with Crippen molar-refractivity contribution in [2.24, 2.45) is 7.05 Å². The summed E-state index contributed by atoms with van der Waals surface area (Å²) in [6, 6.07) is 7.19. The zero-order valence-electron chi connectivity index (χ0n) is 17.9. The van der Waals surface area contributed by atoms with Gasteiger partial charge in [-0.2, -0.15) is 17.7 Å². The molecule has 34 heavy (non-hydrogen) atoms. The van der Waals surface area contributed by atoms with Crippen LogP contribution >= 0.6 is 23.2 Å². The van der Waals surface area contributed by atoms with E-state index in [2.05, 4.69) is 0 Å². The molecule has 0 bridgehead atoms. The molecule has 3 aromatic rings. The zero-order valence-corrected chi connectivity index (χ0v) is 20.2. The number of hydrogen-bond acceptors (Lipinski definition) is 6. The monoisotopic (exact) mass is 535 g/mol. The van der Waals surface area contributed by atoms with E-state index in [1.54, 1.807) is 47.8 Å². The minimum Gasteiger partial charge on any atom is -0.748 e. The molecule has 0 unspecified atom stereocenters. The molecule has 0 atom stereocenters. The molecular weight excluding hydrogens is 518 g/mol. The molecule has 0 spiro atoms. The van der Waals surface area contributed by atoms with Crippen LogP contribution < -0.4 is 14.4 Å². The summed E-state index contributed by atoms with van der Waals surface area (Å²) in [7, 11) is -1.12. The van der Waals surface area contributed by atoms with Crippen LogP contribution in [0.2, 0.25) is 10.0 Å². The highest BCUT2D eigenvalue weighted by atomic mass is 35.5. The molecule has 1 aliphatic heterocycles. The molecule has 1 aromatic heterocycles. The second-order valence-electron chi connectivity index (χ2n) is 7.76. The van der Waals surface area contributed by atoms with Crippen molar-refractivity contribution < 1.29 is 35.1 Å². The first-order valence-electron chi connectivity index (χ1n) is 9.91. The predicted molar refractivity (Wildman–Crippen MR) is 122 cm³/mol. The fourth-order valence-corrected chi connectivity index (χ4v) is 4.78. The van der Waals surface area contributed by atoms with Crippen molar-refractivity contribution in [1.29, 1.82) is 0 Å². The summed E-state index contributed by atoms with van der Waals surface area (Å²) >= 11 is 12.0. The largest absolute Gasteiger partial charge is 0.748 e. The standard InChI is InChI=1S/C21H18Cl2F3N3O4S/c1-27-15-10-14(23)13(21(24,25)26)9-16(15)29(6-3-7-34(30,31)32)19(27)11-20-28(2)17-8-12(22)4-5-18(17)33-20/h4-5,8-11H,3,6-7H2,1-2H3. The van der Waals surface area contributed by atoms with Crippen LogP contribution in [-0.4, -0.2) is 32.3 Å². The van der Waals surface area contributed by atoms with Crippen LogP contribution in [0.25, 0.3) is 17.2 Å². The van der Waals surface area contributed by atoms with Crippen LogP contribution in [0, 0.1) is 0 Å². The van der Waals surface area contributed by atoms with Crippen molar-refractivity contribution in [3.05, 3.63) is 57.7 Å². The maximum atomic E-state index is 13.5. The molecular formula is C21H18Cl2F3N3O4S. The van der Waals surface area contributed by atoms with Gasteiger partial charge in [-0.15, -0.1) is 0 Å². The van der Waals surface area contributed by atoms with Gasteiger partial charge in [0.2, 0.25) is 5.58 Å². The molecule has 0 amide bonds. The topological polar surface area (TPSA) is 80.7 Å². The maximum Gasteiger partial charge on any atom is 0.417 e. The minimum atomic E-state index is -4.69. The number of benzene rings is 2. The Kier molecular flexibility index (Phi) is 6.26. The number of fused-ring (bicyclic) bond motifs is 2. The van der Waals surface area contributed by atoms with Gasteiger partial charge >= 0.3 is 12.1 Å². The number of hydrogen-bond donors (Lipinski definition) is 0. The molecule has 0 saturated carbocycles. The van der Waals surface area contributed by atoms with Gasteiger partial charge in [-0.3, -0.25) is 0 Å². The molecule has 0 fully saturated rings. The highest BCUT2D eigenvalue weighted by molar-refractivity contribution is 7.85. The van der Waals surface area contributed by atoms with Crippen molar-refractivity contribution >= 4 is 61.9 Å². The van der Waals surface area contributed by atoms with Gasteiger partial charge in [0, 0.05) is 30.4 Å². The van der Waals surface area contributed by atoms with E-state index >= 15 is 0 Å². The lowest BCUT2D eigenvalue weighted by molar-refractivity contribution is -0.652. The fourth-order valence-electron chi connectivity index (χ4n) is 3.87. The van der Waals surface area contributed by atoms with Crippen molar-refractivity contribution in [2.45, 2.75) is 12.6 Å². The van der Waals surface area contributed by atoms with Crippen LogP contribution in [0.4, 0.5) is 24.5 Å². The van der Waals surface area contributed by atoms with E-state index in [1.165, 1.54) is 11.0 Å². The number of aryl methyl sites for hydroxylation is 1. The van der Waals surface area contributed by atoms with Crippen LogP contribution in [0.1, 0.15) is 17.9 Å². The van der Waals surface area contributed by atoms with E-state index in [9.17, 15) is 26.1 Å². The van der Waals surface area contributed by atoms with E-state index in [4.69, 9.17) is 27.6 Å². The van der Waals surface area contributed by atoms with Crippen molar-refractivity contribution in [3.8, 4) is 0 Å². The van der Waals surface area contributed by atoms with E-state index < -0.39 is 32.6 Å². The molecule has 0 radical (unpaired) electrons. The Morgan fingerprint density at radius 1 is 1.18 bits per heavy atom. The number of alkyl halides is 3. The first-order chi connectivity index (χ1) is 15.8. The lowest BCUT2D eigenvalue weighted by atomic mass is 10.1. The van der Waals surface area contributed by atoms with Crippen LogP contribution in [0.15, 0.2) is 40.6 Å². The third-order valence-electron chi connectivity index (χ3n) is 5.50. The minimum absolute atomic E-state index is 0.0284. The molecule has 1 aliphatic rings. The quantitative estimate of drug-likeness (QED) is 0.345. The van der Waals surface area contributed by atoms with E-state index in [0.29, 0.717) is 33.5 Å². The molecule has 7 nitrogen and oxygen atoms in total. The highest BCUT2D eigenvalue weighted by Gasteiger charge is 2.38. The fraction of sp³-hybridized carbons (Fsp3) is 0.286. The second-order valence-corrected chi connectivity index (χ2v) is 10.1. The number of anilines is 2. The summed E-state index contributed by atoms with van der Waals surface area (Å²) in [6.45, 7) is -0.0284. The number of aromatic nitrogens is 1. The summed E-state index contributed by atoms with van der Waals surface area (Å²) in [5.41, 5.74) is 0.784. The average molecular weight is 536 g/mol. The Balaban J connectivity index is 1.83. The van der Waals surface area contributed by atoms with E-state index in [1.807, 2.05) is 0 Å². The van der Waals surface area contributed by atoms with Crippen molar-refractivity contribution in [2.75, 3.05) is 29.1 Å². The summed E-state index contributed by atoms with van der Waals surface area (Å²) in [5, 5.41) is 0.0358. The normalized spacial score (nSPS) is 15.6. The lowest BCUT2D eigenvalue weighted by Crippen LogP contribution is -2.32. The average Bonchev–Trinajstić information content (AvgIpc) is 3.15. The molecule has 13 heteroatoms. The number of rotatable bonds is 5. The van der Waals surface area contributed by atoms with Gasteiger partial charge in [-0.25, -0.2) is 8.42 Å². The Labute approximate surface area is 203 Å². The molecule has 0 N–H and O–H groups in total. The lowest BCUT2D eigenvalue weighted by Gasteiger charge is -2.23. The molecule has 2 heterocycles. The summed E-state index contributed by atoms with van der Waals surface area (Å²) in [4.78, 5) is 3.12. The van der Waals surface area contributed by atoms with Gasteiger partial charge in [0.15, 0.2) is 0 Å². The molecule has 0 aliphatic carbocycles. The molecule has 182 valence electrons. The maximum absolute atomic E-state index is 13.5. The van der Waals surface area contributed by atoms with Crippen LogP contribution in [0.5, 0.6) is 0 Å². The Morgan fingerprint density at radius 2 is 1.88 bits per heavy atom. The van der Waals surface area contributed by atoms with Gasteiger partial charge in [-0.1, -0.05) is 23.2 Å². The van der Waals surface area contributed by atoms with Gasteiger partial charge in [-0.05, 0) is 30.7 Å². The summed E-state index contributed by atoms with van der Waals surface area (Å²) in [6.07, 6.45) is -3.17. The Bertz CT molecular complexity index is 1420. The molecule has 0 saturated heterocycles. The third-order valence-corrected chi connectivity index (χ3v) is 6.83. The number of oxazole rings is 1. The highest BCUT2D eigenvalue weighted by Crippen LogP contribution is 2.47. The number of halogens is 5. The van der Waals surface area contributed by atoms with E-state index in [0.717, 1.165) is 6.07 Å². The van der Waals surface area contributed by atoms with Gasteiger partial charge in [0.25, 0.3) is 5.52 Å².